The van der Waals surface area contributed by atoms with E-state index in [0.29, 0.717) is 32.7 Å². The first-order chi connectivity index (χ1) is 13.6. The first-order valence-electron chi connectivity index (χ1n) is 8.68. The number of thiophene rings is 1. The molecular formula is C21H16Cl2N2O2S. The van der Waals surface area contributed by atoms with Gasteiger partial charge in [-0.25, -0.2) is 9.97 Å². The van der Waals surface area contributed by atoms with Crippen LogP contribution in [0.2, 0.25) is 9.36 Å². The van der Waals surface area contributed by atoms with Gasteiger partial charge in [0, 0.05) is 51.0 Å². The number of aromatic nitrogens is 2. The summed E-state index contributed by atoms with van der Waals surface area (Å²) in [6.07, 6.45) is 4.33. The zero-order chi connectivity index (χ0) is 19.7. The number of benzene rings is 1. The van der Waals surface area contributed by atoms with Gasteiger partial charge in [-0.15, -0.1) is 11.3 Å². The van der Waals surface area contributed by atoms with E-state index in [1.54, 1.807) is 18.5 Å². The van der Waals surface area contributed by atoms with E-state index in [1.807, 2.05) is 37.3 Å². The first kappa shape index (κ1) is 19.2. The van der Waals surface area contributed by atoms with Gasteiger partial charge in [0.05, 0.1) is 4.34 Å². The van der Waals surface area contributed by atoms with Crippen molar-refractivity contribution < 1.29 is 9.52 Å². The molecule has 4 nitrogen and oxygen atoms in total. The van der Waals surface area contributed by atoms with E-state index in [0.717, 1.165) is 21.8 Å². The van der Waals surface area contributed by atoms with Crippen molar-refractivity contribution in [1.29, 1.82) is 0 Å². The largest absolute Gasteiger partial charge is 0.460 e. The Bertz CT molecular complexity index is 1110. The van der Waals surface area contributed by atoms with Crippen LogP contribution in [-0.2, 0) is 6.42 Å². The quantitative estimate of drug-likeness (QED) is 0.396. The summed E-state index contributed by atoms with van der Waals surface area (Å²) < 4.78 is 6.92. The Morgan fingerprint density at radius 2 is 1.93 bits per heavy atom. The van der Waals surface area contributed by atoms with Gasteiger partial charge in [-0.3, -0.25) is 0 Å². The van der Waals surface area contributed by atoms with E-state index in [4.69, 9.17) is 27.6 Å². The van der Waals surface area contributed by atoms with Gasteiger partial charge >= 0.3 is 0 Å². The topological polar surface area (TPSA) is 59.2 Å². The maximum atomic E-state index is 11.3. The molecule has 0 saturated carbocycles. The van der Waals surface area contributed by atoms with Gasteiger partial charge in [0.1, 0.15) is 24.0 Å². The van der Waals surface area contributed by atoms with Crippen molar-refractivity contribution in [2.45, 2.75) is 19.4 Å². The predicted molar refractivity (Wildman–Crippen MR) is 113 cm³/mol. The Morgan fingerprint density at radius 1 is 1.14 bits per heavy atom. The van der Waals surface area contributed by atoms with Crippen LogP contribution in [-0.4, -0.2) is 15.1 Å². The van der Waals surface area contributed by atoms with Crippen LogP contribution >= 0.6 is 34.5 Å². The van der Waals surface area contributed by atoms with Gasteiger partial charge in [0.2, 0.25) is 0 Å². The van der Waals surface area contributed by atoms with Crippen molar-refractivity contribution in [1.82, 2.24) is 9.97 Å². The van der Waals surface area contributed by atoms with E-state index in [-0.39, 0.29) is 0 Å². The molecule has 0 aliphatic heterocycles. The summed E-state index contributed by atoms with van der Waals surface area (Å²) in [7, 11) is 0. The molecule has 1 N–H and O–H groups in total. The van der Waals surface area contributed by atoms with Gasteiger partial charge in [-0.05, 0) is 24.3 Å². The van der Waals surface area contributed by atoms with E-state index >= 15 is 0 Å². The smallest absolute Gasteiger partial charge is 0.141 e. The van der Waals surface area contributed by atoms with Crippen molar-refractivity contribution in [3.8, 4) is 21.8 Å². The summed E-state index contributed by atoms with van der Waals surface area (Å²) in [5.41, 5.74) is 2.89. The molecule has 4 rings (SSSR count). The number of aliphatic hydroxyl groups is 1. The van der Waals surface area contributed by atoms with Gasteiger partial charge in [0.15, 0.2) is 0 Å². The third-order valence-electron chi connectivity index (χ3n) is 4.42. The predicted octanol–water partition coefficient (Wildman–Crippen LogP) is 6.42. The standard InChI is InChI=1S/C21H16Cl2N2O2S/c1-2-15-18(16-6-7-17(23)28-16)19(20(26)13-9-24-11-25-10-13)21(27-15)12-4-3-5-14(22)8-12/h3-11,20,26H,2H2,1H3. The van der Waals surface area contributed by atoms with Crippen LogP contribution in [0.5, 0.6) is 0 Å². The maximum Gasteiger partial charge on any atom is 0.141 e. The molecule has 0 aliphatic rings. The van der Waals surface area contributed by atoms with Gasteiger partial charge in [0.25, 0.3) is 0 Å². The molecule has 0 spiro atoms. The van der Waals surface area contributed by atoms with Crippen LogP contribution in [0.4, 0.5) is 0 Å². The van der Waals surface area contributed by atoms with Crippen molar-refractivity contribution >= 4 is 34.5 Å². The molecule has 1 aromatic carbocycles. The van der Waals surface area contributed by atoms with Crippen molar-refractivity contribution in [3.05, 3.63) is 81.4 Å². The van der Waals surface area contributed by atoms with Crippen molar-refractivity contribution in [3.63, 3.8) is 0 Å². The molecule has 7 heteroatoms. The Balaban J connectivity index is 2.00. The third kappa shape index (κ3) is 3.59. The second-order valence-electron chi connectivity index (χ2n) is 6.19. The Labute approximate surface area is 176 Å². The number of aliphatic hydroxyl groups excluding tert-OH is 1. The molecule has 28 heavy (non-hydrogen) atoms. The fourth-order valence-electron chi connectivity index (χ4n) is 3.18. The highest BCUT2D eigenvalue weighted by Gasteiger charge is 2.29. The average Bonchev–Trinajstić information content (AvgIpc) is 3.31. The highest BCUT2D eigenvalue weighted by molar-refractivity contribution is 7.19. The van der Waals surface area contributed by atoms with E-state index < -0.39 is 6.10 Å². The van der Waals surface area contributed by atoms with Gasteiger partial charge in [-0.1, -0.05) is 42.3 Å². The second kappa shape index (κ2) is 8.05. The molecule has 0 aliphatic carbocycles. The van der Waals surface area contributed by atoms with Gasteiger partial charge < -0.3 is 9.52 Å². The molecule has 1 atom stereocenters. The molecule has 3 heterocycles. The van der Waals surface area contributed by atoms with Crippen LogP contribution in [0.25, 0.3) is 21.8 Å². The number of halogens is 2. The summed E-state index contributed by atoms with van der Waals surface area (Å²) in [6, 6.07) is 11.2. The zero-order valence-electron chi connectivity index (χ0n) is 14.9. The van der Waals surface area contributed by atoms with E-state index in [9.17, 15) is 5.11 Å². The van der Waals surface area contributed by atoms with Crippen molar-refractivity contribution in [2.75, 3.05) is 0 Å². The number of furan rings is 1. The second-order valence-corrected chi connectivity index (χ2v) is 8.34. The molecular weight excluding hydrogens is 415 g/mol. The molecule has 0 amide bonds. The number of hydrogen-bond donors (Lipinski definition) is 1. The Morgan fingerprint density at radius 3 is 2.57 bits per heavy atom. The number of aryl methyl sites for hydroxylation is 1. The molecule has 142 valence electrons. The monoisotopic (exact) mass is 430 g/mol. The minimum atomic E-state index is -0.963. The molecule has 1 unspecified atom stereocenters. The Hall–Kier alpha value is -2.18. The van der Waals surface area contributed by atoms with Crippen LogP contribution in [0.1, 0.15) is 29.9 Å². The lowest BCUT2D eigenvalue weighted by Crippen LogP contribution is -2.03. The molecule has 0 saturated heterocycles. The van der Waals surface area contributed by atoms with Crippen LogP contribution < -0.4 is 0 Å². The number of nitrogens with zero attached hydrogens (tertiary/aromatic N) is 2. The minimum absolute atomic E-state index is 0.579. The Kier molecular flexibility index (Phi) is 5.51. The summed E-state index contributed by atoms with van der Waals surface area (Å²) in [4.78, 5) is 9.01. The number of rotatable bonds is 5. The molecule has 0 radical (unpaired) electrons. The average molecular weight is 431 g/mol. The summed E-state index contributed by atoms with van der Waals surface area (Å²) in [5, 5.41) is 11.9. The fraction of sp³-hybridized carbons (Fsp3) is 0.143. The highest BCUT2D eigenvalue weighted by atomic mass is 35.5. The lowest BCUT2D eigenvalue weighted by Gasteiger charge is -2.13. The van der Waals surface area contributed by atoms with Gasteiger partial charge in [-0.2, -0.15) is 0 Å². The molecule has 3 aromatic heterocycles. The van der Waals surface area contributed by atoms with Crippen molar-refractivity contribution in [2.24, 2.45) is 0 Å². The summed E-state index contributed by atoms with van der Waals surface area (Å²) >= 11 is 13.8. The summed E-state index contributed by atoms with van der Waals surface area (Å²) in [5.74, 6) is 1.36. The number of hydrogen-bond acceptors (Lipinski definition) is 5. The molecule has 0 bridgehead atoms. The first-order valence-corrected chi connectivity index (χ1v) is 10.3. The molecule has 4 aromatic rings. The van der Waals surface area contributed by atoms with Crippen LogP contribution in [0.3, 0.4) is 0 Å². The highest BCUT2D eigenvalue weighted by Crippen LogP contribution is 2.46. The lowest BCUT2D eigenvalue weighted by atomic mass is 9.95. The third-order valence-corrected chi connectivity index (χ3v) is 5.90. The van der Waals surface area contributed by atoms with Crippen LogP contribution in [0.15, 0.2) is 59.5 Å². The molecule has 0 fully saturated rings. The maximum absolute atomic E-state index is 11.3. The fourth-order valence-corrected chi connectivity index (χ4v) is 4.49. The normalized spacial score (nSPS) is 12.3. The van der Waals surface area contributed by atoms with Crippen LogP contribution in [0, 0.1) is 0 Å². The van der Waals surface area contributed by atoms with E-state index in [1.165, 1.54) is 17.7 Å². The zero-order valence-corrected chi connectivity index (χ0v) is 17.2. The summed E-state index contributed by atoms with van der Waals surface area (Å²) in [6.45, 7) is 2.01. The SMILES string of the molecule is CCc1oc(-c2cccc(Cl)c2)c(C(O)c2cncnc2)c1-c1ccc(Cl)s1. The minimum Gasteiger partial charge on any atom is -0.460 e. The van der Waals surface area contributed by atoms with E-state index in [2.05, 4.69) is 9.97 Å². The lowest BCUT2D eigenvalue weighted by molar-refractivity contribution is 0.219.